The first-order valence-corrected chi connectivity index (χ1v) is 9.97. The third kappa shape index (κ3) is 7.12. The highest BCUT2D eigenvalue weighted by Gasteiger charge is 2.05. The van der Waals surface area contributed by atoms with Crippen LogP contribution in [0.25, 0.3) is 0 Å². The van der Waals surface area contributed by atoms with Crippen LogP contribution in [0.3, 0.4) is 0 Å². The van der Waals surface area contributed by atoms with E-state index < -0.39 is 0 Å². The molecule has 0 spiro atoms. The van der Waals surface area contributed by atoms with Crippen LogP contribution in [0.4, 0.5) is 4.39 Å². The van der Waals surface area contributed by atoms with Crippen molar-refractivity contribution in [3.8, 4) is 0 Å². The van der Waals surface area contributed by atoms with Crippen LogP contribution in [-0.2, 0) is 19.5 Å². The zero-order valence-corrected chi connectivity index (χ0v) is 19.8. The number of hydrogen-bond donors (Lipinski definition) is 2. The van der Waals surface area contributed by atoms with Crippen molar-refractivity contribution < 1.29 is 4.39 Å². The number of halogens is 2. The first-order chi connectivity index (χ1) is 14.2. The van der Waals surface area contributed by atoms with Gasteiger partial charge in [0.25, 0.3) is 0 Å². The van der Waals surface area contributed by atoms with Crippen molar-refractivity contribution in [1.29, 1.82) is 0 Å². The molecule has 7 heteroatoms. The Morgan fingerprint density at radius 3 is 2.67 bits per heavy atom. The SMILES string of the molecule is CCNC(=NCc1nccn1Cc1ccccc1)NCCc1ccc(F)cc1C.I. The summed E-state index contributed by atoms with van der Waals surface area (Å²) < 4.78 is 15.4. The van der Waals surface area contributed by atoms with E-state index in [9.17, 15) is 4.39 Å². The number of nitrogens with zero attached hydrogens (tertiary/aromatic N) is 3. The van der Waals surface area contributed by atoms with Crippen LogP contribution >= 0.6 is 24.0 Å². The maximum atomic E-state index is 13.3. The number of aromatic nitrogens is 2. The molecule has 0 radical (unpaired) electrons. The standard InChI is InChI=1S/C23H28FN5.HI/c1-3-25-23(27-12-11-20-9-10-21(24)15-18(20)2)28-16-22-26-13-14-29(22)17-19-7-5-4-6-8-19;/h4-10,13-15H,3,11-12,16-17H2,1-2H3,(H2,25,27,28);1H. The molecule has 1 heterocycles. The average molecular weight is 521 g/mol. The van der Waals surface area contributed by atoms with E-state index in [1.54, 1.807) is 6.07 Å². The maximum absolute atomic E-state index is 13.3. The second-order valence-corrected chi connectivity index (χ2v) is 6.90. The number of rotatable bonds is 8. The van der Waals surface area contributed by atoms with E-state index in [0.29, 0.717) is 6.54 Å². The van der Waals surface area contributed by atoms with E-state index in [1.807, 2.05) is 50.5 Å². The minimum Gasteiger partial charge on any atom is -0.357 e. The van der Waals surface area contributed by atoms with E-state index in [2.05, 4.69) is 37.3 Å². The van der Waals surface area contributed by atoms with Gasteiger partial charge in [-0.15, -0.1) is 24.0 Å². The van der Waals surface area contributed by atoms with E-state index in [4.69, 9.17) is 0 Å². The van der Waals surface area contributed by atoms with Gasteiger partial charge < -0.3 is 15.2 Å². The Hall–Kier alpha value is -2.42. The smallest absolute Gasteiger partial charge is 0.191 e. The Labute approximate surface area is 194 Å². The predicted molar refractivity (Wildman–Crippen MR) is 131 cm³/mol. The molecule has 0 saturated carbocycles. The van der Waals surface area contributed by atoms with Crippen LogP contribution < -0.4 is 10.6 Å². The van der Waals surface area contributed by atoms with Gasteiger partial charge in [0.15, 0.2) is 5.96 Å². The van der Waals surface area contributed by atoms with E-state index in [-0.39, 0.29) is 29.8 Å². The van der Waals surface area contributed by atoms with Gasteiger partial charge in [0, 0.05) is 32.0 Å². The van der Waals surface area contributed by atoms with Gasteiger partial charge >= 0.3 is 0 Å². The highest BCUT2D eigenvalue weighted by Crippen LogP contribution is 2.10. The fourth-order valence-corrected chi connectivity index (χ4v) is 3.16. The number of aryl methyl sites for hydroxylation is 1. The summed E-state index contributed by atoms with van der Waals surface area (Å²) in [5.41, 5.74) is 3.33. The molecule has 2 aromatic carbocycles. The van der Waals surface area contributed by atoms with E-state index in [0.717, 1.165) is 49.0 Å². The van der Waals surface area contributed by atoms with Crippen molar-refractivity contribution in [2.45, 2.75) is 33.4 Å². The summed E-state index contributed by atoms with van der Waals surface area (Å²) in [4.78, 5) is 9.13. The van der Waals surface area contributed by atoms with Gasteiger partial charge in [-0.1, -0.05) is 36.4 Å². The molecule has 1 aromatic heterocycles. The van der Waals surface area contributed by atoms with Crippen molar-refractivity contribution in [2.24, 2.45) is 4.99 Å². The lowest BCUT2D eigenvalue weighted by Crippen LogP contribution is -2.38. The Bertz CT molecular complexity index is 940. The summed E-state index contributed by atoms with van der Waals surface area (Å²) in [7, 11) is 0. The summed E-state index contributed by atoms with van der Waals surface area (Å²) in [6, 6.07) is 15.2. The maximum Gasteiger partial charge on any atom is 0.191 e. The van der Waals surface area contributed by atoms with Crippen LogP contribution in [0, 0.1) is 12.7 Å². The molecule has 0 atom stereocenters. The van der Waals surface area contributed by atoms with Gasteiger partial charge in [0.05, 0.1) is 0 Å². The molecule has 0 aliphatic carbocycles. The second kappa shape index (κ2) is 12.3. The Kier molecular flexibility index (Phi) is 9.79. The third-order valence-corrected chi connectivity index (χ3v) is 4.71. The van der Waals surface area contributed by atoms with Gasteiger partial charge in [0.2, 0.25) is 0 Å². The Morgan fingerprint density at radius 1 is 1.13 bits per heavy atom. The molecule has 160 valence electrons. The summed E-state index contributed by atoms with van der Waals surface area (Å²) in [6.45, 7) is 6.74. The van der Waals surface area contributed by atoms with Gasteiger partial charge in [-0.3, -0.25) is 0 Å². The zero-order valence-electron chi connectivity index (χ0n) is 17.4. The zero-order chi connectivity index (χ0) is 20.5. The molecule has 3 aromatic rings. The minimum absolute atomic E-state index is 0. The lowest BCUT2D eigenvalue weighted by Gasteiger charge is -2.13. The molecule has 5 nitrogen and oxygen atoms in total. The molecule has 0 aliphatic rings. The second-order valence-electron chi connectivity index (χ2n) is 6.90. The fraction of sp³-hybridized carbons (Fsp3) is 0.304. The molecule has 2 N–H and O–H groups in total. The monoisotopic (exact) mass is 521 g/mol. The molecule has 0 amide bonds. The molecular weight excluding hydrogens is 492 g/mol. The first-order valence-electron chi connectivity index (χ1n) is 9.97. The molecule has 0 bridgehead atoms. The summed E-state index contributed by atoms with van der Waals surface area (Å²) >= 11 is 0. The number of imidazole rings is 1. The first kappa shape index (κ1) is 23.9. The quantitative estimate of drug-likeness (QED) is 0.264. The number of nitrogens with one attached hydrogen (secondary N) is 2. The summed E-state index contributed by atoms with van der Waals surface area (Å²) in [5, 5.41) is 6.62. The number of aliphatic imine (C=N–C) groups is 1. The van der Waals surface area contributed by atoms with Crippen LogP contribution in [0.15, 0.2) is 65.9 Å². The topological polar surface area (TPSA) is 54.2 Å². The van der Waals surface area contributed by atoms with Gasteiger partial charge in [-0.2, -0.15) is 0 Å². The molecule has 3 rings (SSSR count). The van der Waals surface area contributed by atoms with Crippen molar-refractivity contribution >= 4 is 29.9 Å². The van der Waals surface area contributed by atoms with Crippen LogP contribution in [-0.4, -0.2) is 28.6 Å². The molecule has 0 saturated heterocycles. The van der Waals surface area contributed by atoms with Crippen LogP contribution in [0.2, 0.25) is 0 Å². The fourth-order valence-electron chi connectivity index (χ4n) is 3.16. The van der Waals surface area contributed by atoms with E-state index in [1.165, 1.54) is 11.6 Å². The molecule has 0 fully saturated rings. The lowest BCUT2D eigenvalue weighted by molar-refractivity contribution is 0.625. The molecule has 0 aliphatic heterocycles. The largest absolute Gasteiger partial charge is 0.357 e. The number of guanidine groups is 1. The van der Waals surface area contributed by atoms with Crippen molar-refractivity contribution in [3.05, 3.63) is 89.3 Å². The summed E-state index contributed by atoms with van der Waals surface area (Å²) in [5.74, 6) is 1.47. The Balaban J connectivity index is 0.00000320. The lowest BCUT2D eigenvalue weighted by atomic mass is 10.1. The van der Waals surface area contributed by atoms with Gasteiger partial charge in [-0.05, 0) is 49.1 Å². The highest BCUT2D eigenvalue weighted by molar-refractivity contribution is 14.0. The molecule has 0 unspecified atom stereocenters. The van der Waals surface area contributed by atoms with Crippen LogP contribution in [0.1, 0.15) is 29.4 Å². The van der Waals surface area contributed by atoms with Gasteiger partial charge in [-0.25, -0.2) is 14.4 Å². The highest BCUT2D eigenvalue weighted by atomic mass is 127. The van der Waals surface area contributed by atoms with Crippen LogP contribution in [0.5, 0.6) is 0 Å². The molecule has 30 heavy (non-hydrogen) atoms. The summed E-state index contributed by atoms with van der Waals surface area (Å²) in [6.07, 6.45) is 4.60. The predicted octanol–water partition coefficient (Wildman–Crippen LogP) is 4.29. The van der Waals surface area contributed by atoms with Crippen molar-refractivity contribution in [1.82, 2.24) is 20.2 Å². The van der Waals surface area contributed by atoms with Crippen molar-refractivity contribution in [2.75, 3.05) is 13.1 Å². The average Bonchev–Trinajstić information content (AvgIpc) is 3.15. The Morgan fingerprint density at radius 2 is 1.93 bits per heavy atom. The van der Waals surface area contributed by atoms with Crippen molar-refractivity contribution in [3.63, 3.8) is 0 Å². The number of benzene rings is 2. The number of hydrogen-bond acceptors (Lipinski definition) is 2. The molecular formula is C23H29FIN5. The third-order valence-electron chi connectivity index (χ3n) is 4.71. The minimum atomic E-state index is -0.194. The van der Waals surface area contributed by atoms with E-state index >= 15 is 0 Å². The van der Waals surface area contributed by atoms with Gasteiger partial charge in [0.1, 0.15) is 18.2 Å². The normalized spacial score (nSPS) is 11.1.